The van der Waals surface area contributed by atoms with Gasteiger partial charge in [0.25, 0.3) is 0 Å². The van der Waals surface area contributed by atoms with Crippen LogP contribution in [0.25, 0.3) is 16.2 Å². The Morgan fingerprint density at radius 1 is 1.25 bits per heavy atom. The zero-order valence-electron chi connectivity index (χ0n) is 12.9. The van der Waals surface area contributed by atoms with Crippen LogP contribution in [-0.4, -0.2) is 18.5 Å². The van der Waals surface area contributed by atoms with Crippen molar-refractivity contribution in [3.63, 3.8) is 0 Å². The first kappa shape index (κ1) is 16.0. The minimum absolute atomic E-state index is 0.273. The fraction of sp³-hybridized carbons (Fsp3) is 0.111. The molecular weight excluding hydrogens is 326 g/mol. The molecule has 122 valence electrons. The molecule has 0 fully saturated rings. The number of furan rings is 1. The smallest absolute Gasteiger partial charge is 0.341 e. The molecule has 2 heterocycles. The molecule has 0 atom stereocenters. The van der Waals surface area contributed by atoms with E-state index in [9.17, 15) is 9.59 Å². The average molecular weight is 341 g/mol. The Hall–Kier alpha value is -2.86. The predicted octanol–water partition coefficient (Wildman–Crippen LogP) is 4.32. The molecule has 0 saturated carbocycles. The molecule has 0 aliphatic carbocycles. The van der Waals surface area contributed by atoms with E-state index in [4.69, 9.17) is 9.15 Å². The van der Waals surface area contributed by atoms with Crippen molar-refractivity contribution in [2.75, 3.05) is 11.9 Å². The lowest BCUT2D eigenvalue weighted by molar-refractivity contribution is -0.111. The summed E-state index contributed by atoms with van der Waals surface area (Å²) in [6.45, 7) is 2.02. The number of hydrogen-bond donors (Lipinski definition) is 1. The molecule has 3 aromatic rings. The number of anilines is 1. The van der Waals surface area contributed by atoms with E-state index in [1.54, 1.807) is 25.1 Å². The van der Waals surface area contributed by atoms with Crippen LogP contribution in [0.5, 0.6) is 0 Å². The number of carbonyl (C=O) groups excluding carboxylic acids is 2. The molecule has 1 amide bonds. The molecule has 0 radical (unpaired) electrons. The Labute approximate surface area is 142 Å². The second-order valence-electron chi connectivity index (χ2n) is 4.86. The molecule has 0 aliphatic heterocycles. The number of fused-ring (bicyclic) bond motifs is 1. The van der Waals surface area contributed by atoms with Crippen molar-refractivity contribution in [2.24, 2.45) is 0 Å². The molecule has 0 bridgehead atoms. The van der Waals surface area contributed by atoms with Crippen molar-refractivity contribution in [2.45, 2.75) is 6.92 Å². The summed E-state index contributed by atoms with van der Waals surface area (Å²) in [6, 6.07) is 11.0. The third-order valence-corrected chi connectivity index (χ3v) is 4.34. The van der Waals surface area contributed by atoms with Crippen molar-refractivity contribution in [1.29, 1.82) is 0 Å². The highest BCUT2D eigenvalue weighted by Crippen LogP contribution is 2.36. The first-order valence-corrected chi connectivity index (χ1v) is 8.22. The van der Waals surface area contributed by atoms with Crippen molar-refractivity contribution in [3.05, 3.63) is 60.1 Å². The van der Waals surface area contributed by atoms with Crippen LogP contribution >= 0.6 is 11.3 Å². The van der Waals surface area contributed by atoms with Gasteiger partial charge in [0.05, 0.1) is 12.9 Å². The van der Waals surface area contributed by atoms with Gasteiger partial charge in [-0.1, -0.05) is 18.2 Å². The molecule has 5 nitrogen and oxygen atoms in total. The summed E-state index contributed by atoms with van der Waals surface area (Å²) in [7, 11) is 0. The summed E-state index contributed by atoms with van der Waals surface area (Å²) in [5.41, 5.74) is 0.386. The van der Waals surface area contributed by atoms with Gasteiger partial charge in [0, 0.05) is 16.2 Å². The number of carbonyl (C=O) groups is 2. The average Bonchev–Trinajstić information content (AvgIpc) is 3.20. The molecule has 0 spiro atoms. The maximum atomic E-state index is 12.3. The molecule has 0 unspecified atom stereocenters. The second kappa shape index (κ2) is 7.14. The summed E-state index contributed by atoms with van der Waals surface area (Å²) in [4.78, 5) is 24.4. The molecule has 2 aromatic heterocycles. The van der Waals surface area contributed by atoms with E-state index in [1.165, 1.54) is 23.7 Å². The molecule has 1 N–H and O–H groups in total. The van der Waals surface area contributed by atoms with E-state index in [0.29, 0.717) is 16.3 Å². The van der Waals surface area contributed by atoms with E-state index in [0.717, 1.165) is 10.1 Å². The van der Waals surface area contributed by atoms with E-state index in [-0.39, 0.29) is 12.5 Å². The van der Waals surface area contributed by atoms with Crippen LogP contribution in [0, 0.1) is 0 Å². The third-order valence-electron chi connectivity index (χ3n) is 3.25. The van der Waals surface area contributed by atoms with Gasteiger partial charge in [0.2, 0.25) is 5.91 Å². The lowest BCUT2D eigenvalue weighted by atomic mass is 10.1. The van der Waals surface area contributed by atoms with Crippen molar-refractivity contribution in [1.82, 2.24) is 0 Å². The Morgan fingerprint density at radius 3 is 2.83 bits per heavy atom. The molecule has 0 aliphatic rings. The number of nitrogens with one attached hydrogen (secondary N) is 1. The molecule has 6 heteroatoms. The SMILES string of the molecule is CCOC(=O)c1c(NC(=O)/C=C/c2ccco2)sc2ccccc12. The number of ether oxygens (including phenoxy) is 1. The summed E-state index contributed by atoms with van der Waals surface area (Å²) < 4.78 is 11.2. The Bertz CT molecular complexity index is 893. The van der Waals surface area contributed by atoms with E-state index < -0.39 is 5.97 Å². The standard InChI is InChI=1S/C18H15NO4S/c1-2-22-18(21)16-13-7-3-4-8-14(13)24-17(16)19-15(20)10-9-12-6-5-11-23-12/h3-11H,2H2,1H3,(H,19,20)/b10-9+. The van der Waals surface area contributed by atoms with Gasteiger partial charge < -0.3 is 14.5 Å². The Kier molecular flexibility index (Phi) is 4.77. The molecule has 0 saturated heterocycles. The topological polar surface area (TPSA) is 68.5 Å². The van der Waals surface area contributed by atoms with Crippen LogP contribution in [0.15, 0.2) is 53.2 Å². The van der Waals surface area contributed by atoms with Crippen molar-refractivity contribution >= 4 is 44.4 Å². The lowest BCUT2D eigenvalue weighted by Gasteiger charge is -2.04. The third kappa shape index (κ3) is 3.38. The highest BCUT2D eigenvalue weighted by atomic mass is 32.1. The van der Waals surface area contributed by atoms with Gasteiger partial charge >= 0.3 is 5.97 Å². The number of thiophene rings is 1. The summed E-state index contributed by atoms with van der Waals surface area (Å²) in [6.07, 6.45) is 4.45. The normalized spacial score (nSPS) is 11.0. The number of benzene rings is 1. The second-order valence-corrected chi connectivity index (χ2v) is 5.91. The van der Waals surface area contributed by atoms with E-state index >= 15 is 0 Å². The van der Waals surface area contributed by atoms with Gasteiger partial charge in [0.1, 0.15) is 16.3 Å². The fourth-order valence-corrected chi connectivity index (χ4v) is 3.33. The van der Waals surface area contributed by atoms with Gasteiger partial charge in [-0.3, -0.25) is 4.79 Å². The van der Waals surface area contributed by atoms with Crippen LogP contribution in [0.3, 0.4) is 0 Å². The fourth-order valence-electron chi connectivity index (χ4n) is 2.24. The summed E-state index contributed by atoms with van der Waals surface area (Å²) >= 11 is 1.34. The molecular formula is C18H15NO4S. The molecule has 1 aromatic carbocycles. The van der Waals surface area contributed by atoms with Crippen LogP contribution < -0.4 is 5.32 Å². The van der Waals surface area contributed by atoms with Crippen LogP contribution in [0.2, 0.25) is 0 Å². The maximum absolute atomic E-state index is 12.3. The zero-order chi connectivity index (χ0) is 16.9. The largest absolute Gasteiger partial charge is 0.465 e. The van der Waals surface area contributed by atoms with Gasteiger partial charge in [-0.15, -0.1) is 11.3 Å². The number of rotatable bonds is 5. The van der Waals surface area contributed by atoms with Crippen molar-refractivity contribution in [3.8, 4) is 0 Å². The highest BCUT2D eigenvalue weighted by molar-refractivity contribution is 7.23. The number of hydrogen-bond acceptors (Lipinski definition) is 5. The van der Waals surface area contributed by atoms with Gasteiger partial charge in [0.15, 0.2) is 0 Å². The minimum Gasteiger partial charge on any atom is -0.465 e. The Balaban J connectivity index is 1.89. The van der Waals surface area contributed by atoms with Crippen LogP contribution in [0.1, 0.15) is 23.0 Å². The first-order chi connectivity index (χ1) is 11.7. The number of esters is 1. The molecule has 3 rings (SSSR count). The number of amides is 1. The van der Waals surface area contributed by atoms with Crippen LogP contribution in [0.4, 0.5) is 5.00 Å². The zero-order valence-corrected chi connectivity index (χ0v) is 13.8. The van der Waals surface area contributed by atoms with Crippen LogP contribution in [-0.2, 0) is 9.53 Å². The maximum Gasteiger partial charge on any atom is 0.341 e. The predicted molar refractivity (Wildman–Crippen MR) is 94.2 cm³/mol. The van der Waals surface area contributed by atoms with Crippen molar-refractivity contribution < 1.29 is 18.7 Å². The monoisotopic (exact) mass is 341 g/mol. The summed E-state index contributed by atoms with van der Waals surface area (Å²) in [5, 5.41) is 4.00. The lowest BCUT2D eigenvalue weighted by Crippen LogP contribution is -2.11. The van der Waals surface area contributed by atoms with E-state index in [2.05, 4.69) is 5.32 Å². The first-order valence-electron chi connectivity index (χ1n) is 7.40. The molecule has 24 heavy (non-hydrogen) atoms. The summed E-state index contributed by atoms with van der Waals surface area (Å²) in [5.74, 6) is -0.212. The quantitative estimate of drug-likeness (QED) is 0.554. The van der Waals surface area contributed by atoms with Gasteiger partial charge in [-0.05, 0) is 31.2 Å². The highest BCUT2D eigenvalue weighted by Gasteiger charge is 2.20. The Morgan fingerprint density at radius 2 is 2.08 bits per heavy atom. The van der Waals surface area contributed by atoms with Gasteiger partial charge in [-0.25, -0.2) is 4.79 Å². The van der Waals surface area contributed by atoms with Gasteiger partial charge in [-0.2, -0.15) is 0 Å². The van der Waals surface area contributed by atoms with E-state index in [1.807, 2.05) is 24.3 Å². The minimum atomic E-state index is -0.444.